The summed E-state index contributed by atoms with van der Waals surface area (Å²) in [7, 11) is -3.21. The Kier molecular flexibility index (Phi) is 7.33. The van der Waals surface area contributed by atoms with Crippen LogP contribution in [-0.2, 0) is 19.8 Å². The highest BCUT2D eigenvalue weighted by Crippen LogP contribution is 2.51. The molecule has 0 N–H and O–H groups in total. The van der Waals surface area contributed by atoms with Gasteiger partial charge in [-0.25, -0.2) is 0 Å². The first kappa shape index (κ1) is 18.9. The quantitative estimate of drug-likeness (QED) is 0.643. The van der Waals surface area contributed by atoms with Gasteiger partial charge in [-0.15, -0.1) is 0 Å². The third-order valence-electron chi connectivity index (χ3n) is 3.30. The summed E-state index contributed by atoms with van der Waals surface area (Å²) in [6.07, 6.45) is 0.107. The second-order valence-electron chi connectivity index (χ2n) is 4.77. The Bertz CT molecular complexity index is 526. The van der Waals surface area contributed by atoms with Crippen LogP contribution in [0.25, 0.3) is 0 Å². The maximum Gasteiger partial charge on any atom is 0.335 e. The monoisotopic (exact) mass is 331 g/mol. The molecule has 22 heavy (non-hydrogen) atoms. The van der Waals surface area contributed by atoms with Crippen LogP contribution in [-0.4, -0.2) is 37.1 Å². The van der Waals surface area contributed by atoms with Crippen LogP contribution in [0.1, 0.15) is 49.6 Å². The van der Waals surface area contributed by atoms with E-state index in [2.05, 4.69) is 0 Å². The lowest BCUT2D eigenvalue weighted by molar-refractivity contribution is 0.0739. The number of aryl methyl sites for hydroxylation is 1. The molecule has 1 aromatic rings. The minimum Gasteiger partial charge on any atom is -0.456 e. The van der Waals surface area contributed by atoms with Gasteiger partial charge in [0.2, 0.25) is 0 Å². The average molecular weight is 331 g/mol. The summed E-state index contributed by atoms with van der Waals surface area (Å²) in [5, 5.41) is 0. The number of hydrogen-bond donors (Lipinski definition) is 0. The standard InChI is InChI=1S/C15H26NO5P/c1-6-16(7-2)15(17)14-10-13(12(5)21-14)11-22(18,19-8-3)20-9-4/h10H,6-9,11H2,1-5H3. The van der Waals surface area contributed by atoms with Crippen molar-refractivity contribution in [2.24, 2.45) is 0 Å². The Hall–Kier alpha value is -1.10. The molecule has 0 aliphatic rings. The number of rotatable bonds is 9. The molecule has 126 valence electrons. The van der Waals surface area contributed by atoms with Crippen LogP contribution in [0.4, 0.5) is 0 Å². The topological polar surface area (TPSA) is 69.0 Å². The number of nitrogens with zero attached hydrogens (tertiary/aromatic N) is 1. The van der Waals surface area contributed by atoms with E-state index >= 15 is 0 Å². The third-order valence-corrected chi connectivity index (χ3v) is 5.33. The molecule has 0 radical (unpaired) electrons. The van der Waals surface area contributed by atoms with Crippen molar-refractivity contribution in [3.05, 3.63) is 23.2 Å². The molecule has 0 aromatic carbocycles. The molecule has 0 saturated carbocycles. The molecule has 1 heterocycles. The first-order chi connectivity index (χ1) is 10.4. The summed E-state index contributed by atoms with van der Waals surface area (Å²) in [5.74, 6) is 0.660. The van der Waals surface area contributed by atoms with Crippen LogP contribution in [0.2, 0.25) is 0 Å². The van der Waals surface area contributed by atoms with E-state index in [1.807, 2.05) is 13.8 Å². The van der Waals surface area contributed by atoms with Crippen molar-refractivity contribution >= 4 is 13.5 Å². The smallest absolute Gasteiger partial charge is 0.335 e. The van der Waals surface area contributed by atoms with E-state index < -0.39 is 7.60 Å². The molecule has 0 atom stereocenters. The molecule has 0 aliphatic carbocycles. The summed E-state index contributed by atoms with van der Waals surface area (Å²) in [4.78, 5) is 14.0. The van der Waals surface area contributed by atoms with Gasteiger partial charge in [0.15, 0.2) is 5.76 Å². The normalized spacial score (nSPS) is 11.7. The largest absolute Gasteiger partial charge is 0.456 e. The van der Waals surface area contributed by atoms with Gasteiger partial charge in [0.25, 0.3) is 5.91 Å². The molecule has 0 bridgehead atoms. The van der Waals surface area contributed by atoms with Crippen molar-refractivity contribution in [2.75, 3.05) is 26.3 Å². The van der Waals surface area contributed by atoms with E-state index in [-0.39, 0.29) is 17.8 Å². The zero-order valence-electron chi connectivity index (χ0n) is 14.0. The first-order valence-electron chi connectivity index (χ1n) is 7.67. The predicted molar refractivity (Wildman–Crippen MR) is 85.3 cm³/mol. The summed E-state index contributed by atoms with van der Waals surface area (Å²) >= 11 is 0. The van der Waals surface area contributed by atoms with Gasteiger partial charge in [0.1, 0.15) is 5.76 Å². The molecule has 0 aliphatic heterocycles. The maximum absolute atomic E-state index is 12.6. The molecule has 7 heteroatoms. The van der Waals surface area contributed by atoms with Crippen LogP contribution in [0.3, 0.4) is 0 Å². The molecular formula is C15H26NO5P. The van der Waals surface area contributed by atoms with E-state index in [1.54, 1.807) is 31.7 Å². The zero-order chi connectivity index (χ0) is 16.8. The van der Waals surface area contributed by atoms with Gasteiger partial charge in [-0.05, 0) is 40.7 Å². The van der Waals surface area contributed by atoms with Crippen LogP contribution < -0.4 is 0 Å². The lowest BCUT2D eigenvalue weighted by atomic mass is 10.2. The lowest BCUT2D eigenvalue weighted by Crippen LogP contribution is -2.30. The second kappa shape index (κ2) is 8.51. The first-order valence-corrected chi connectivity index (χ1v) is 9.40. The van der Waals surface area contributed by atoms with Crippen LogP contribution >= 0.6 is 7.60 Å². The van der Waals surface area contributed by atoms with Gasteiger partial charge in [0, 0.05) is 18.7 Å². The SMILES string of the molecule is CCOP(=O)(Cc1cc(C(=O)N(CC)CC)oc1C)OCC. The van der Waals surface area contributed by atoms with Crippen molar-refractivity contribution < 1.29 is 22.8 Å². The Balaban J connectivity index is 2.98. The van der Waals surface area contributed by atoms with Gasteiger partial charge < -0.3 is 18.4 Å². The van der Waals surface area contributed by atoms with Gasteiger partial charge in [-0.1, -0.05) is 0 Å². The van der Waals surface area contributed by atoms with E-state index in [1.165, 1.54) is 0 Å². The lowest BCUT2D eigenvalue weighted by Gasteiger charge is -2.16. The summed E-state index contributed by atoms with van der Waals surface area (Å²) in [6.45, 7) is 10.9. The molecule has 0 spiro atoms. The highest BCUT2D eigenvalue weighted by molar-refractivity contribution is 7.53. The van der Waals surface area contributed by atoms with Gasteiger partial charge in [-0.3, -0.25) is 9.36 Å². The van der Waals surface area contributed by atoms with Gasteiger partial charge in [0.05, 0.1) is 19.4 Å². The number of furan rings is 1. The average Bonchev–Trinajstić information content (AvgIpc) is 2.81. The Morgan fingerprint density at radius 2 is 1.73 bits per heavy atom. The Morgan fingerprint density at radius 3 is 2.18 bits per heavy atom. The number of carbonyl (C=O) groups excluding carboxylic acids is 1. The molecule has 0 unspecified atom stereocenters. The number of amides is 1. The Morgan fingerprint density at radius 1 is 1.18 bits per heavy atom. The Labute approximate surface area is 132 Å². The summed E-state index contributed by atoms with van der Waals surface area (Å²) in [5.41, 5.74) is 0.681. The molecule has 0 saturated heterocycles. The molecule has 0 fully saturated rings. The highest BCUT2D eigenvalue weighted by Gasteiger charge is 2.28. The summed E-state index contributed by atoms with van der Waals surface area (Å²) < 4.78 is 28.7. The predicted octanol–water partition coefficient (Wildman–Crippen LogP) is 3.84. The van der Waals surface area contributed by atoms with Crippen molar-refractivity contribution in [2.45, 2.75) is 40.8 Å². The molecule has 1 aromatic heterocycles. The second-order valence-corrected chi connectivity index (χ2v) is 6.83. The van der Waals surface area contributed by atoms with Crippen LogP contribution in [0.5, 0.6) is 0 Å². The minimum atomic E-state index is -3.21. The number of hydrogen-bond acceptors (Lipinski definition) is 5. The van der Waals surface area contributed by atoms with Crippen molar-refractivity contribution in [1.82, 2.24) is 4.90 Å². The van der Waals surface area contributed by atoms with Crippen molar-refractivity contribution in [1.29, 1.82) is 0 Å². The molecule has 1 amide bonds. The fourth-order valence-corrected chi connectivity index (χ4v) is 3.95. The van der Waals surface area contributed by atoms with E-state index in [9.17, 15) is 9.36 Å². The van der Waals surface area contributed by atoms with Gasteiger partial charge >= 0.3 is 7.60 Å². The fraction of sp³-hybridized carbons (Fsp3) is 0.667. The maximum atomic E-state index is 12.6. The zero-order valence-corrected chi connectivity index (χ0v) is 14.9. The van der Waals surface area contributed by atoms with Crippen molar-refractivity contribution in [3.8, 4) is 0 Å². The third kappa shape index (κ3) is 4.70. The molecular weight excluding hydrogens is 305 g/mol. The van der Waals surface area contributed by atoms with E-state index in [4.69, 9.17) is 13.5 Å². The minimum absolute atomic E-state index is 0.107. The molecule has 1 rings (SSSR count). The number of carbonyl (C=O) groups is 1. The van der Waals surface area contributed by atoms with Crippen LogP contribution in [0, 0.1) is 6.92 Å². The fourth-order valence-electron chi connectivity index (χ4n) is 2.18. The van der Waals surface area contributed by atoms with Crippen LogP contribution in [0.15, 0.2) is 10.5 Å². The van der Waals surface area contributed by atoms with Gasteiger partial charge in [-0.2, -0.15) is 0 Å². The summed E-state index contributed by atoms with van der Waals surface area (Å²) in [6, 6.07) is 1.64. The van der Waals surface area contributed by atoms with Crippen molar-refractivity contribution in [3.63, 3.8) is 0 Å². The van der Waals surface area contributed by atoms with E-state index in [0.29, 0.717) is 37.6 Å². The van der Waals surface area contributed by atoms with E-state index in [0.717, 1.165) is 0 Å². The highest BCUT2D eigenvalue weighted by atomic mass is 31.2. The molecule has 6 nitrogen and oxygen atoms in total.